The van der Waals surface area contributed by atoms with Crippen molar-refractivity contribution in [3.05, 3.63) is 24.3 Å². The lowest BCUT2D eigenvalue weighted by Gasteiger charge is -2.33. The molecule has 2 N–H and O–H groups in total. The van der Waals surface area contributed by atoms with Gasteiger partial charge in [-0.3, -0.25) is 0 Å². The average molecular weight is 345 g/mol. The zero-order valence-electron chi connectivity index (χ0n) is 15.2. The molecule has 0 aliphatic carbocycles. The number of aromatic nitrogens is 4. The fraction of sp³-hybridized carbons (Fsp3) is 0.588. The molecule has 1 aliphatic rings. The molecule has 8 heteroatoms. The molecule has 0 radical (unpaired) electrons. The minimum Gasteiger partial charge on any atom is -0.481 e. The standard InChI is InChI=1S/C17H27N7O/c1-22(2)9-10-23-8-6-19-16(23)13-5-4-7-24(12-13)14-11-15(25-3)21-17(18)20-14/h6,8,11,13H,4-5,7,9-10,12H2,1-3H3,(H2,18,20,21)/t13-/m1/s1. The number of piperidine rings is 1. The van der Waals surface area contributed by atoms with Crippen molar-refractivity contribution in [1.29, 1.82) is 0 Å². The van der Waals surface area contributed by atoms with Crippen LogP contribution in [0.25, 0.3) is 0 Å². The summed E-state index contributed by atoms with van der Waals surface area (Å²) in [6.45, 7) is 3.78. The number of rotatable bonds is 6. The highest BCUT2D eigenvalue weighted by molar-refractivity contribution is 5.46. The summed E-state index contributed by atoms with van der Waals surface area (Å²) in [5.74, 6) is 3.09. The molecule has 136 valence electrons. The van der Waals surface area contributed by atoms with Crippen LogP contribution in [0, 0.1) is 0 Å². The fourth-order valence-corrected chi connectivity index (χ4v) is 3.27. The lowest BCUT2D eigenvalue weighted by molar-refractivity contribution is 0.373. The van der Waals surface area contributed by atoms with E-state index in [9.17, 15) is 0 Å². The van der Waals surface area contributed by atoms with Gasteiger partial charge in [-0.05, 0) is 26.9 Å². The second kappa shape index (κ2) is 7.69. The van der Waals surface area contributed by atoms with Crippen molar-refractivity contribution in [1.82, 2.24) is 24.4 Å². The van der Waals surface area contributed by atoms with Gasteiger partial charge >= 0.3 is 0 Å². The molecule has 0 spiro atoms. The molecular formula is C17H27N7O. The van der Waals surface area contributed by atoms with E-state index < -0.39 is 0 Å². The Labute approximate surface area is 148 Å². The molecule has 1 saturated heterocycles. The van der Waals surface area contributed by atoms with Crippen molar-refractivity contribution < 1.29 is 4.74 Å². The Morgan fingerprint density at radius 2 is 2.20 bits per heavy atom. The first-order valence-corrected chi connectivity index (χ1v) is 8.66. The SMILES string of the molecule is COc1cc(N2CCC[C@@H](c3nccn3CCN(C)C)C2)nc(N)n1. The highest BCUT2D eigenvalue weighted by atomic mass is 16.5. The maximum atomic E-state index is 5.81. The van der Waals surface area contributed by atoms with Crippen LogP contribution in [0.15, 0.2) is 18.5 Å². The van der Waals surface area contributed by atoms with Gasteiger partial charge in [0.2, 0.25) is 11.8 Å². The number of nitrogen functional groups attached to an aromatic ring is 1. The van der Waals surface area contributed by atoms with E-state index in [1.807, 2.05) is 12.3 Å². The smallest absolute Gasteiger partial charge is 0.225 e. The van der Waals surface area contributed by atoms with Crippen LogP contribution in [0.4, 0.5) is 11.8 Å². The predicted molar refractivity (Wildman–Crippen MR) is 98.0 cm³/mol. The Morgan fingerprint density at radius 1 is 1.36 bits per heavy atom. The van der Waals surface area contributed by atoms with E-state index >= 15 is 0 Å². The molecule has 25 heavy (non-hydrogen) atoms. The van der Waals surface area contributed by atoms with Crippen LogP contribution >= 0.6 is 0 Å². The minimum absolute atomic E-state index is 0.240. The quantitative estimate of drug-likeness (QED) is 0.842. The van der Waals surface area contributed by atoms with Crippen molar-refractivity contribution in [2.24, 2.45) is 0 Å². The minimum atomic E-state index is 0.240. The van der Waals surface area contributed by atoms with Crippen LogP contribution in [0.2, 0.25) is 0 Å². The Balaban J connectivity index is 1.76. The van der Waals surface area contributed by atoms with Gasteiger partial charge in [0.25, 0.3) is 0 Å². The van der Waals surface area contributed by atoms with Crippen LogP contribution in [-0.4, -0.2) is 65.3 Å². The van der Waals surface area contributed by atoms with E-state index in [1.54, 1.807) is 7.11 Å². The number of anilines is 2. The summed E-state index contributed by atoms with van der Waals surface area (Å²) < 4.78 is 7.49. The molecule has 0 amide bonds. The monoisotopic (exact) mass is 345 g/mol. The van der Waals surface area contributed by atoms with Gasteiger partial charge in [0.1, 0.15) is 11.6 Å². The zero-order chi connectivity index (χ0) is 17.8. The van der Waals surface area contributed by atoms with E-state index in [0.29, 0.717) is 11.8 Å². The third kappa shape index (κ3) is 4.19. The van der Waals surface area contributed by atoms with E-state index in [4.69, 9.17) is 10.5 Å². The summed E-state index contributed by atoms with van der Waals surface area (Å²) in [6, 6.07) is 1.84. The van der Waals surface area contributed by atoms with E-state index in [2.05, 4.69) is 49.6 Å². The van der Waals surface area contributed by atoms with Crippen LogP contribution < -0.4 is 15.4 Å². The third-order valence-corrected chi connectivity index (χ3v) is 4.56. The first-order chi connectivity index (χ1) is 12.1. The van der Waals surface area contributed by atoms with Crippen LogP contribution in [0.3, 0.4) is 0 Å². The van der Waals surface area contributed by atoms with Gasteiger partial charge in [-0.15, -0.1) is 0 Å². The van der Waals surface area contributed by atoms with Crippen molar-refractivity contribution >= 4 is 11.8 Å². The normalized spacial score (nSPS) is 17.9. The lowest BCUT2D eigenvalue weighted by Crippen LogP contribution is -2.36. The number of methoxy groups -OCH3 is 1. The van der Waals surface area contributed by atoms with Gasteiger partial charge in [-0.25, -0.2) is 4.98 Å². The molecule has 8 nitrogen and oxygen atoms in total. The van der Waals surface area contributed by atoms with Crippen LogP contribution in [-0.2, 0) is 6.54 Å². The number of likely N-dealkylation sites (N-methyl/N-ethyl adjacent to an activating group) is 1. The molecular weight excluding hydrogens is 318 g/mol. The highest BCUT2D eigenvalue weighted by Crippen LogP contribution is 2.29. The fourth-order valence-electron chi connectivity index (χ4n) is 3.27. The van der Waals surface area contributed by atoms with Crippen molar-refractivity contribution in [2.75, 3.05) is 51.5 Å². The molecule has 2 aromatic heterocycles. The Morgan fingerprint density at radius 3 is 2.96 bits per heavy atom. The average Bonchev–Trinajstić information content (AvgIpc) is 3.08. The first-order valence-electron chi connectivity index (χ1n) is 8.66. The van der Waals surface area contributed by atoms with Crippen molar-refractivity contribution in [2.45, 2.75) is 25.3 Å². The van der Waals surface area contributed by atoms with Crippen LogP contribution in [0.5, 0.6) is 5.88 Å². The summed E-state index contributed by atoms with van der Waals surface area (Å²) in [5, 5.41) is 0. The number of hydrogen-bond acceptors (Lipinski definition) is 7. The molecule has 0 bridgehead atoms. The summed E-state index contributed by atoms with van der Waals surface area (Å²) in [6.07, 6.45) is 6.20. The molecule has 1 fully saturated rings. The van der Waals surface area contributed by atoms with Gasteiger partial charge < -0.3 is 24.8 Å². The number of nitrogens with two attached hydrogens (primary N) is 1. The maximum Gasteiger partial charge on any atom is 0.225 e. The second-order valence-electron chi connectivity index (χ2n) is 6.69. The van der Waals surface area contributed by atoms with E-state index in [-0.39, 0.29) is 5.95 Å². The second-order valence-corrected chi connectivity index (χ2v) is 6.69. The highest BCUT2D eigenvalue weighted by Gasteiger charge is 2.26. The van der Waals surface area contributed by atoms with Gasteiger partial charge in [0, 0.05) is 50.6 Å². The summed E-state index contributed by atoms with van der Waals surface area (Å²) >= 11 is 0. The number of hydrogen-bond donors (Lipinski definition) is 1. The number of imidazole rings is 1. The predicted octanol–water partition coefficient (Wildman–Crippen LogP) is 1.21. The zero-order valence-corrected chi connectivity index (χ0v) is 15.2. The van der Waals surface area contributed by atoms with Gasteiger partial charge in [-0.2, -0.15) is 9.97 Å². The van der Waals surface area contributed by atoms with Crippen LogP contribution in [0.1, 0.15) is 24.6 Å². The summed E-state index contributed by atoms with van der Waals surface area (Å²) in [7, 11) is 5.77. The molecule has 3 heterocycles. The van der Waals surface area contributed by atoms with E-state index in [0.717, 1.165) is 50.7 Å². The van der Waals surface area contributed by atoms with Crippen molar-refractivity contribution in [3.8, 4) is 5.88 Å². The van der Waals surface area contributed by atoms with Gasteiger partial charge in [-0.1, -0.05) is 0 Å². The molecule has 1 aliphatic heterocycles. The first kappa shape index (κ1) is 17.5. The molecule has 3 rings (SSSR count). The Kier molecular flexibility index (Phi) is 5.37. The summed E-state index contributed by atoms with van der Waals surface area (Å²) in [5.41, 5.74) is 5.81. The van der Waals surface area contributed by atoms with E-state index in [1.165, 1.54) is 0 Å². The topological polar surface area (TPSA) is 85.3 Å². The molecule has 0 unspecified atom stereocenters. The Bertz CT molecular complexity index is 700. The lowest BCUT2D eigenvalue weighted by atomic mass is 9.97. The number of nitrogens with zero attached hydrogens (tertiary/aromatic N) is 6. The van der Waals surface area contributed by atoms with Gasteiger partial charge in [0.15, 0.2) is 0 Å². The molecule has 0 saturated carbocycles. The maximum absolute atomic E-state index is 5.81. The molecule has 0 aromatic carbocycles. The summed E-state index contributed by atoms with van der Waals surface area (Å²) in [4.78, 5) is 17.5. The van der Waals surface area contributed by atoms with Crippen molar-refractivity contribution in [3.63, 3.8) is 0 Å². The Hall–Kier alpha value is -2.35. The third-order valence-electron chi connectivity index (χ3n) is 4.56. The van der Waals surface area contributed by atoms with Gasteiger partial charge in [0.05, 0.1) is 7.11 Å². The number of ether oxygens (including phenoxy) is 1. The molecule has 2 aromatic rings. The molecule has 1 atom stereocenters. The largest absolute Gasteiger partial charge is 0.481 e.